The Balaban J connectivity index is 1.40. The van der Waals surface area contributed by atoms with Crippen LogP contribution in [0.1, 0.15) is 37.6 Å². The molecule has 0 saturated heterocycles. The van der Waals surface area contributed by atoms with Crippen molar-refractivity contribution in [3.8, 4) is 10.8 Å². The van der Waals surface area contributed by atoms with Gasteiger partial charge in [-0.05, 0) is 31.9 Å². The average molecular weight is 407 g/mol. The van der Waals surface area contributed by atoms with Gasteiger partial charge < -0.3 is 4.42 Å². The molecule has 0 aromatic carbocycles. The van der Waals surface area contributed by atoms with Gasteiger partial charge in [0.25, 0.3) is 0 Å². The molecule has 0 aliphatic heterocycles. The van der Waals surface area contributed by atoms with Crippen LogP contribution in [0.25, 0.3) is 10.8 Å². The molecule has 26 heavy (non-hydrogen) atoms. The van der Waals surface area contributed by atoms with Gasteiger partial charge in [0.2, 0.25) is 11.0 Å². The van der Waals surface area contributed by atoms with Gasteiger partial charge in [-0.15, -0.1) is 21.5 Å². The van der Waals surface area contributed by atoms with Crippen molar-refractivity contribution in [1.29, 1.82) is 0 Å². The molecule has 0 unspecified atom stereocenters. The molecule has 1 aliphatic rings. The maximum absolute atomic E-state index is 12.2. The van der Waals surface area contributed by atoms with E-state index < -0.39 is 0 Å². The molecule has 6 nitrogen and oxygen atoms in total. The van der Waals surface area contributed by atoms with E-state index in [2.05, 4.69) is 15.2 Å². The van der Waals surface area contributed by atoms with Crippen LogP contribution in [0.15, 0.2) is 26.3 Å². The Morgan fingerprint density at radius 2 is 2.23 bits per heavy atom. The predicted octanol–water partition coefficient (Wildman–Crippen LogP) is 4.76. The van der Waals surface area contributed by atoms with E-state index in [-0.39, 0.29) is 5.91 Å². The molecule has 0 atom stereocenters. The lowest BCUT2D eigenvalue weighted by Crippen LogP contribution is -2.32. The average Bonchev–Trinajstić information content (AvgIpc) is 3.03. The number of anilines is 1. The third kappa shape index (κ3) is 3.84. The number of thiazole rings is 1. The van der Waals surface area contributed by atoms with Crippen LogP contribution < -0.4 is 4.90 Å². The molecule has 1 amide bonds. The largest absolute Gasteiger partial charge is 0.459 e. The van der Waals surface area contributed by atoms with E-state index in [1.165, 1.54) is 11.3 Å². The van der Waals surface area contributed by atoms with Gasteiger partial charge in [0, 0.05) is 23.6 Å². The van der Waals surface area contributed by atoms with Gasteiger partial charge in [-0.2, -0.15) is 0 Å². The SMILES string of the molecule is CCC(=O)N(c1nnc(SCc2csc(-c3ccc(C)o3)n2)s1)C1CC1. The number of aryl methyl sites for hydroxylation is 1. The Labute approximate surface area is 163 Å². The monoisotopic (exact) mass is 406 g/mol. The van der Waals surface area contributed by atoms with E-state index in [0.29, 0.717) is 17.6 Å². The highest BCUT2D eigenvalue weighted by Gasteiger charge is 2.35. The van der Waals surface area contributed by atoms with Crippen molar-refractivity contribution in [2.45, 2.75) is 49.2 Å². The molecule has 1 fully saturated rings. The number of furan rings is 1. The number of thioether (sulfide) groups is 1. The highest BCUT2D eigenvalue weighted by molar-refractivity contribution is 8.00. The maximum Gasteiger partial charge on any atom is 0.228 e. The summed E-state index contributed by atoms with van der Waals surface area (Å²) in [6.07, 6.45) is 2.61. The number of carbonyl (C=O) groups is 1. The second-order valence-corrected chi connectivity index (χ2v) is 9.08. The van der Waals surface area contributed by atoms with Crippen molar-refractivity contribution in [3.63, 3.8) is 0 Å². The van der Waals surface area contributed by atoms with E-state index in [9.17, 15) is 4.79 Å². The normalized spacial score (nSPS) is 13.9. The van der Waals surface area contributed by atoms with Crippen LogP contribution in [0.2, 0.25) is 0 Å². The lowest BCUT2D eigenvalue weighted by atomic mass is 10.4. The quantitative estimate of drug-likeness (QED) is 0.416. The summed E-state index contributed by atoms with van der Waals surface area (Å²) in [6, 6.07) is 4.20. The summed E-state index contributed by atoms with van der Waals surface area (Å²) in [7, 11) is 0. The molecule has 3 aromatic heterocycles. The minimum atomic E-state index is 0.123. The second kappa shape index (κ2) is 7.50. The Kier molecular flexibility index (Phi) is 5.10. The molecular formula is C17H18N4O2S3. The molecular weight excluding hydrogens is 388 g/mol. The van der Waals surface area contributed by atoms with Crippen molar-refractivity contribution < 1.29 is 9.21 Å². The van der Waals surface area contributed by atoms with Gasteiger partial charge in [-0.25, -0.2) is 4.98 Å². The zero-order chi connectivity index (χ0) is 18.1. The lowest BCUT2D eigenvalue weighted by molar-refractivity contribution is -0.118. The molecule has 1 saturated carbocycles. The fraction of sp³-hybridized carbons (Fsp3) is 0.412. The molecule has 0 radical (unpaired) electrons. The Morgan fingerprint density at radius 1 is 1.38 bits per heavy atom. The molecule has 3 aromatic rings. The first-order valence-electron chi connectivity index (χ1n) is 8.43. The molecule has 4 rings (SSSR count). The van der Waals surface area contributed by atoms with E-state index in [4.69, 9.17) is 4.42 Å². The summed E-state index contributed by atoms with van der Waals surface area (Å²) in [5, 5.41) is 12.1. The van der Waals surface area contributed by atoms with Crippen LogP contribution in [0.5, 0.6) is 0 Å². The Bertz CT molecular complexity index is 913. The number of aromatic nitrogens is 3. The first kappa shape index (κ1) is 17.7. The summed E-state index contributed by atoms with van der Waals surface area (Å²) >= 11 is 4.66. The fourth-order valence-corrected chi connectivity index (χ4v) is 5.21. The first-order valence-corrected chi connectivity index (χ1v) is 11.1. The number of amides is 1. The van der Waals surface area contributed by atoms with E-state index in [0.717, 1.165) is 45.2 Å². The van der Waals surface area contributed by atoms with Crippen molar-refractivity contribution in [3.05, 3.63) is 29.0 Å². The molecule has 9 heteroatoms. The third-order valence-electron chi connectivity index (χ3n) is 3.93. The van der Waals surface area contributed by atoms with Crippen LogP contribution in [-0.2, 0) is 10.5 Å². The first-order chi connectivity index (χ1) is 12.6. The number of hydrogen-bond acceptors (Lipinski definition) is 8. The summed E-state index contributed by atoms with van der Waals surface area (Å²) in [4.78, 5) is 18.6. The topological polar surface area (TPSA) is 72.1 Å². The number of hydrogen-bond donors (Lipinski definition) is 0. The summed E-state index contributed by atoms with van der Waals surface area (Å²) in [5.41, 5.74) is 0.990. The lowest BCUT2D eigenvalue weighted by Gasteiger charge is -2.17. The summed E-state index contributed by atoms with van der Waals surface area (Å²) in [6.45, 7) is 3.81. The van der Waals surface area contributed by atoms with Gasteiger partial charge in [-0.1, -0.05) is 30.0 Å². The molecule has 0 N–H and O–H groups in total. The van der Waals surface area contributed by atoms with Gasteiger partial charge in [0.05, 0.1) is 5.69 Å². The van der Waals surface area contributed by atoms with Gasteiger partial charge in [-0.3, -0.25) is 9.69 Å². The van der Waals surface area contributed by atoms with Crippen LogP contribution in [0.4, 0.5) is 5.13 Å². The molecule has 1 aliphatic carbocycles. The minimum Gasteiger partial charge on any atom is -0.459 e. The van der Waals surface area contributed by atoms with E-state index in [1.54, 1.807) is 23.1 Å². The Morgan fingerprint density at radius 3 is 2.92 bits per heavy atom. The number of rotatable bonds is 7. The number of carbonyl (C=O) groups excluding carboxylic acids is 1. The molecule has 0 spiro atoms. The van der Waals surface area contributed by atoms with Gasteiger partial charge in [0.1, 0.15) is 5.76 Å². The smallest absolute Gasteiger partial charge is 0.228 e. The molecule has 0 bridgehead atoms. The van der Waals surface area contributed by atoms with Crippen LogP contribution >= 0.6 is 34.4 Å². The van der Waals surface area contributed by atoms with Crippen LogP contribution in [0, 0.1) is 6.92 Å². The van der Waals surface area contributed by atoms with Crippen LogP contribution in [0.3, 0.4) is 0 Å². The zero-order valence-electron chi connectivity index (χ0n) is 14.5. The third-order valence-corrected chi connectivity index (χ3v) is 6.93. The van der Waals surface area contributed by atoms with Crippen molar-refractivity contribution in [1.82, 2.24) is 15.2 Å². The highest BCUT2D eigenvalue weighted by atomic mass is 32.2. The zero-order valence-corrected chi connectivity index (χ0v) is 16.9. The maximum atomic E-state index is 12.2. The molecule has 136 valence electrons. The van der Waals surface area contributed by atoms with E-state index >= 15 is 0 Å². The number of nitrogens with zero attached hydrogens (tertiary/aromatic N) is 4. The van der Waals surface area contributed by atoms with Crippen LogP contribution in [-0.4, -0.2) is 27.1 Å². The standard InChI is InChI=1S/C17H18N4O2S3/c1-3-14(22)21(12-5-6-12)16-19-20-17(26-16)25-9-11-8-24-15(18-11)13-7-4-10(2)23-13/h4,7-8,12H,3,5-6,9H2,1-2H3. The van der Waals surface area contributed by atoms with E-state index in [1.807, 2.05) is 36.3 Å². The van der Waals surface area contributed by atoms with Gasteiger partial charge in [0.15, 0.2) is 15.1 Å². The summed E-state index contributed by atoms with van der Waals surface area (Å²) < 4.78 is 6.48. The van der Waals surface area contributed by atoms with Crippen molar-refractivity contribution in [2.24, 2.45) is 0 Å². The Hall–Kier alpha value is -1.71. The minimum absolute atomic E-state index is 0.123. The van der Waals surface area contributed by atoms with Crippen molar-refractivity contribution in [2.75, 3.05) is 4.90 Å². The second-order valence-electron chi connectivity index (χ2n) is 6.04. The van der Waals surface area contributed by atoms with Crippen molar-refractivity contribution >= 4 is 45.5 Å². The predicted molar refractivity (Wildman–Crippen MR) is 105 cm³/mol. The fourth-order valence-electron chi connectivity index (χ4n) is 2.50. The summed E-state index contributed by atoms with van der Waals surface area (Å²) in [5.74, 6) is 2.53. The molecule has 3 heterocycles. The van der Waals surface area contributed by atoms with Gasteiger partial charge >= 0.3 is 0 Å². The highest BCUT2D eigenvalue weighted by Crippen LogP contribution is 2.37.